The van der Waals surface area contributed by atoms with Crippen molar-refractivity contribution in [3.05, 3.63) is 11.6 Å². The molecule has 0 aliphatic carbocycles. The summed E-state index contributed by atoms with van der Waals surface area (Å²) in [5, 5.41) is 0. The first-order valence-electron chi connectivity index (χ1n) is 7.55. The van der Waals surface area contributed by atoms with Gasteiger partial charge in [0.25, 0.3) is 0 Å². The lowest BCUT2D eigenvalue weighted by Crippen LogP contribution is -2.14. The van der Waals surface area contributed by atoms with Crippen LogP contribution in [0.2, 0.25) is 0 Å². The number of rotatable bonds is 11. The molecule has 0 unspecified atom stereocenters. The Labute approximate surface area is 118 Å². The predicted molar refractivity (Wildman–Crippen MR) is 79.1 cm³/mol. The van der Waals surface area contributed by atoms with Crippen LogP contribution in [0.3, 0.4) is 0 Å². The highest BCUT2D eigenvalue weighted by molar-refractivity contribution is 5.88. The molecule has 0 saturated carbocycles. The second-order valence-electron chi connectivity index (χ2n) is 5.19. The molecule has 0 aliphatic heterocycles. The van der Waals surface area contributed by atoms with Gasteiger partial charge in [-0.3, -0.25) is 0 Å². The summed E-state index contributed by atoms with van der Waals surface area (Å²) >= 11 is 0. The average Bonchev–Trinajstić information content (AvgIpc) is 2.38. The standard InChI is InChI=1S/C16H30O3/c1-5-7-8-9-12-19-16(17)15(13-18-6-2)11-10-14(3)4/h11,14H,5-10,12-13H2,1-4H3. The molecule has 0 radical (unpaired) electrons. The van der Waals surface area contributed by atoms with E-state index in [0.717, 1.165) is 19.3 Å². The Bertz CT molecular complexity index is 257. The van der Waals surface area contributed by atoms with Crippen molar-refractivity contribution in [1.29, 1.82) is 0 Å². The van der Waals surface area contributed by atoms with Gasteiger partial charge in [0.1, 0.15) is 0 Å². The molecular formula is C16H30O3. The van der Waals surface area contributed by atoms with Crippen molar-refractivity contribution >= 4 is 5.97 Å². The Balaban J connectivity index is 4.10. The highest BCUT2D eigenvalue weighted by atomic mass is 16.5. The van der Waals surface area contributed by atoms with Crippen LogP contribution in [0, 0.1) is 5.92 Å². The largest absolute Gasteiger partial charge is 0.462 e. The predicted octanol–water partition coefficient (Wildman–Crippen LogP) is 4.12. The lowest BCUT2D eigenvalue weighted by molar-refractivity contribution is -0.139. The van der Waals surface area contributed by atoms with E-state index in [0.29, 0.717) is 31.3 Å². The van der Waals surface area contributed by atoms with Crippen LogP contribution in [0.4, 0.5) is 0 Å². The molecule has 0 N–H and O–H groups in total. The van der Waals surface area contributed by atoms with E-state index < -0.39 is 0 Å². The number of hydrogen-bond acceptors (Lipinski definition) is 3. The summed E-state index contributed by atoms with van der Waals surface area (Å²) in [6, 6.07) is 0. The summed E-state index contributed by atoms with van der Waals surface area (Å²) < 4.78 is 10.6. The topological polar surface area (TPSA) is 35.5 Å². The minimum absolute atomic E-state index is 0.217. The Hall–Kier alpha value is -0.830. The van der Waals surface area contributed by atoms with E-state index in [1.165, 1.54) is 12.8 Å². The number of carbonyl (C=O) groups excluding carboxylic acids is 1. The smallest absolute Gasteiger partial charge is 0.336 e. The van der Waals surface area contributed by atoms with E-state index in [4.69, 9.17) is 9.47 Å². The van der Waals surface area contributed by atoms with Crippen molar-refractivity contribution in [2.75, 3.05) is 19.8 Å². The lowest BCUT2D eigenvalue weighted by Gasteiger charge is -2.09. The van der Waals surface area contributed by atoms with E-state index in [9.17, 15) is 4.79 Å². The van der Waals surface area contributed by atoms with Gasteiger partial charge in [-0.1, -0.05) is 46.1 Å². The highest BCUT2D eigenvalue weighted by Crippen LogP contribution is 2.08. The molecule has 0 saturated heterocycles. The SMILES string of the molecule is CCCCCCOC(=O)C(=CCC(C)C)COCC. The molecule has 0 bridgehead atoms. The van der Waals surface area contributed by atoms with Gasteiger partial charge >= 0.3 is 5.97 Å². The molecule has 0 spiro atoms. The molecule has 19 heavy (non-hydrogen) atoms. The van der Waals surface area contributed by atoms with Gasteiger partial charge in [0.2, 0.25) is 0 Å². The fraction of sp³-hybridized carbons (Fsp3) is 0.812. The zero-order chi connectivity index (χ0) is 14.5. The third kappa shape index (κ3) is 10.8. The Kier molecular flexibility index (Phi) is 11.7. The monoisotopic (exact) mass is 270 g/mol. The molecule has 0 heterocycles. The second-order valence-corrected chi connectivity index (χ2v) is 5.19. The molecule has 0 rings (SSSR count). The zero-order valence-electron chi connectivity index (χ0n) is 13.0. The Morgan fingerprint density at radius 2 is 1.89 bits per heavy atom. The molecule has 0 aromatic heterocycles. The summed E-state index contributed by atoms with van der Waals surface area (Å²) in [5.41, 5.74) is 0.658. The van der Waals surface area contributed by atoms with Crippen LogP contribution in [0.15, 0.2) is 11.6 Å². The van der Waals surface area contributed by atoms with Crippen molar-refractivity contribution in [3.8, 4) is 0 Å². The van der Waals surface area contributed by atoms with Crippen molar-refractivity contribution in [2.45, 2.75) is 59.8 Å². The number of allylic oxidation sites excluding steroid dienone is 1. The molecular weight excluding hydrogens is 240 g/mol. The molecule has 0 fully saturated rings. The molecule has 3 heteroatoms. The van der Waals surface area contributed by atoms with Crippen LogP contribution < -0.4 is 0 Å². The zero-order valence-corrected chi connectivity index (χ0v) is 13.0. The number of esters is 1. The summed E-state index contributed by atoms with van der Waals surface area (Å²) in [6.45, 7) is 9.84. The number of ether oxygens (including phenoxy) is 2. The quantitative estimate of drug-likeness (QED) is 0.322. The van der Waals surface area contributed by atoms with E-state index in [-0.39, 0.29) is 5.97 Å². The number of unbranched alkanes of at least 4 members (excludes halogenated alkanes) is 3. The van der Waals surface area contributed by atoms with E-state index >= 15 is 0 Å². The van der Waals surface area contributed by atoms with Crippen LogP contribution in [0.25, 0.3) is 0 Å². The van der Waals surface area contributed by atoms with Crippen LogP contribution in [-0.4, -0.2) is 25.8 Å². The van der Waals surface area contributed by atoms with Gasteiger partial charge in [0, 0.05) is 6.61 Å². The highest BCUT2D eigenvalue weighted by Gasteiger charge is 2.11. The van der Waals surface area contributed by atoms with Crippen LogP contribution in [0.5, 0.6) is 0 Å². The van der Waals surface area contributed by atoms with Crippen molar-refractivity contribution < 1.29 is 14.3 Å². The fourth-order valence-corrected chi connectivity index (χ4v) is 1.58. The minimum Gasteiger partial charge on any atom is -0.462 e. The third-order valence-corrected chi connectivity index (χ3v) is 2.79. The molecule has 112 valence electrons. The second kappa shape index (κ2) is 12.2. The maximum absolute atomic E-state index is 11.9. The normalized spacial score (nSPS) is 11.9. The minimum atomic E-state index is -0.217. The lowest BCUT2D eigenvalue weighted by atomic mass is 10.1. The molecule has 0 aliphatic rings. The van der Waals surface area contributed by atoms with Gasteiger partial charge in [-0.2, -0.15) is 0 Å². The number of carbonyl (C=O) groups is 1. The van der Waals surface area contributed by atoms with E-state index in [1.54, 1.807) is 0 Å². The third-order valence-electron chi connectivity index (χ3n) is 2.79. The molecule has 0 aromatic rings. The Morgan fingerprint density at radius 1 is 1.16 bits per heavy atom. The molecule has 0 atom stereocenters. The number of hydrogen-bond donors (Lipinski definition) is 0. The average molecular weight is 270 g/mol. The van der Waals surface area contributed by atoms with Gasteiger partial charge in [0.05, 0.1) is 18.8 Å². The van der Waals surface area contributed by atoms with Crippen molar-refractivity contribution in [2.24, 2.45) is 5.92 Å². The maximum atomic E-state index is 11.9. The van der Waals surface area contributed by atoms with Crippen molar-refractivity contribution in [1.82, 2.24) is 0 Å². The molecule has 0 amide bonds. The maximum Gasteiger partial charge on any atom is 0.336 e. The first-order chi connectivity index (χ1) is 9.11. The summed E-state index contributed by atoms with van der Waals surface area (Å²) in [6.07, 6.45) is 7.30. The molecule has 3 nitrogen and oxygen atoms in total. The van der Waals surface area contributed by atoms with Gasteiger partial charge in [0.15, 0.2) is 0 Å². The van der Waals surface area contributed by atoms with Gasteiger partial charge in [-0.25, -0.2) is 4.79 Å². The van der Waals surface area contributed by atoms with Gasteiger partial charge < -0.3 is 9.47 Å². The first-order valence-corrected chi connectivity index (χ1v) is 7.55. The summed E-state index contributed by atoms with van der Waals surface area (Å²) in [7, 11) is 0. The van der Waals surface area contributed by atoms with E-state index in [1.807, 2.05) is 13.0 Å². The van der Waals surface area contributed by atoms with Crippen LogP contribution >= 0.6 is 0 Å². The summed E-state index contributed by atoms with van der Waals surface area (Å²) in [5.74, 6) is 0.319. The van der Waals surface area contributed by atoms with Crippen LogP contribution in [0.1, 0.15) is 59.8 Å². The van der Waals surface area contributed by atoms with Gasteiger partial charge in [-0.05, 0) is 25.7 Å². The van der Waals surface area contributed by atoms with Gasteiger partial charge in [-0.15, -0.1) is 0 Å². The van der Waals surface area contributed by atoms with E-state index in [2.05, 4.69) is 20.8 Å². The fourth-order valence-electron chi connectivity index (χ4n) is 1.58. The van der Waals surface area contributed by atoms with Crippen LogP contribution in [-0.2, 0) is 14.3 Å². The summed E-state index contributed by atoms with van der Waals surface area (Å²) in [4.78, 5) is 11.9. The molecule has 0 aromatic carbocycles. The first kappa shape index (κ1) is 18.2. The van der Waals surface area contributed by atoms with Crippen molar-refractivity contribution in [3.63, 3.8) is 0 Å². The Morgan fingerprint density at radius 3 is 2.47 bits per heavy atom.